The van der Waals surface area contributed by atoms with Crippen molar-refractivity contribution in [3.63, 3.8) is 0 Å². The molecule has 0 aliphatic carbocycles. The smallest absolute Gasteiger partial charge is 0.0477 e. The van der Waals surface area contributed by atoms with Crippen molar-refractivity contribution in [3.8, 4) is 0 Å². The Kier molecular flexibility index (Phi) is 5.76. The quantitative estimate of drug-likeness (QED) is 0.471. The van der Waals surface area contributed by atoms with Crippen molar-refractivity contribution in [2.24, 2.45) is 0 Å². The number of benzene rings is 1. The maximum atomic E-state index is 5.76. The first-order valence-corrected chi connectivity index (χ1v) is 8.27. The van der Waals surface area contributed by atoms with Gasteiger partial charge in [0.05, 0.1) is 0 Å². The Morgan fingerprint density at radius 1 is 1.42 bits per heavy atom. The largest absolute Gasteiger partial charge is 0.399 e. The van der Waals surface area contributed by atoms with Crippen LogP contribution in [-0.2, 0) is 0 Å². The van der Waals surface area contributed by atoms with Gasteiger partial charge in [0.25, 0.3) is 0 Å². The molecule has 1 saturated heterocycles. The first kappa shape index (κ1) is 14.9. The van der Waals surface area contributed by atoms with Crippen LogP contribution in [0.5, 0.6) is 0 Å². The summed E-state index contributed by atoms with van der Waals surface area (Å²) >= 11 is 2.33. The number of anilines is 2. The fourth-order valence-electron chi connectivity index (χ4n) is 2.67. The SMILES string of the molecule is CC1CCCCN1CCCNc1ccc(N)cc1I. The predicted molar refractivity (Wildman–Crippen MR) is 91.6 cm³/mol. The van der Waals surface area contributed by atoms with Crippen LogP contribution in [0.15, 0.2) is 18.2 Å². The molecule has 0 saturated carbocycles. The summed E-state index contributed by atoms with van der Waals surface area (Å²) in [7, 11) is 0. The second-order valence-electron chi connectivity index (χ2n) is 5.40. The van der Waals surface area contributed by atoms with Crippen LogP contribution in [0, 0.1) is 3.57 Å². The fraction of sp³-hybridized carbons (Fsp3) is 0.600. The Morgan fingerprint density at radius 2 is 2.26 bits per heavy atom. The van der Waals surface area contributed by atoms with E-state index in [1.165, 1.54) is 48.0 Å². The van der Waals surface area contributed by atoms with Crippen LogP contribution in [0.25, 0.3) is 0 Å². The van der Waals surface area contributed by atoms with E-state index in [4.69, 9.17) is 5.73 Å². The topological polar surface area (TPSA) is 41.3 Å². The average Bonchev–Trinajstić information content (AvgIpc) is 2.38. The summed E-state index contributed by atoms with van der Waals surface area (Å²) in [6.45, 7) is 5.87. The summed E-state index contributed by atoms with van der Waals surface area (Å²) in [6, 6.07) is 6.80. The average molecular weight is 373 g/mol. The van der Waals surface area contributed by atoms with E-state index in [1.54, 1.807) is 0 Å². The number of rotatable bonds is 5. The van der Waals surface area contributed by atoms with Gasteiger partial charge in [0, 0.05) is 34.1 Å². The molecule has 1 aromatic carbocycles. The summed E-state index contributed by atoms with van der Waals surface area (Å²) in [5, 5.41) is 3.50. The zero-order valence-electron chi connectivity index (χ0n) is 11.7. The number of halogens is 1. The number of likely N-dealkylation sites (tertiary alicyclic amines) is 1. The normalized spacial score (nSPS) is 20.4. The molecule has 1 aromatic rings. The highest BCUT2D eigenvalue weighted by molar-refractivity contribution is 14.1. The highest BCUT2D eigenvalue weighted by Crippen LogP contribution is 2.21. The number of hydrogen-bond acceptors (Lipinski definition) is 3. The second kappa shape index (κ2) is 7.33. The third-order valence-electron chi connectivity index (χ3n) is 3.87. The van der Waals surface area contributed by atoms with Gasteiger partial charge < -0.3 is 16.0 Å². The lowest BCUT2D eigenvalue weighted by atomic mass is 10.0. The lowest BCUT2D eigenvalue weighted by Crippen LogP contribution is -2.38. The van der Waals surface area contributed by atoms with E-state index in [1.807, 2.05) is 12.1 Å². The van der Waals surface area contributed by atoms with E-state index < -0.39 is 0 Å². The van der Waals surface area contributed by atoms with Gasteiger partial charge in [-0.1, -0.05) is 6.42 Å². The van der Waals surface area contributed by atoms with Crippen molar-refractivity contribution < 1.29 is 0 Å². The van der Waals surface area contributed by atoms with E-state index in [-0.39, 0.29) is 0 Å². The van der Waals surface area contributed by atoms with Crippen molar-refractivity contribution in [1.29, 1.82) is 0 Å². The Morgan fingerprint density at radius 3 is 3.00 bits per heavy atom. The molecular weight excluding hydrogens is 349 g/mol. The van der Waals surface area contributed by atoms with Crippen molar-refractivity contribution >= 4 is 34.0 Å². The third kappa shape index (κ3) is 4.53. The Bertz CT molecular complexity index is 408. The van der Waals surface area contributed by atoms with E-state index in [0.717, 1.165) is 18.3 Å². The molecule has 19 heavy (non-hydrogen) atoms. The molecular formula is C15H24IN3. The molecule has 4 heteroatoms. The number of nitrogens with two attached hydrogens (primary N) is 1. The highest BCUT2D eigenvalue weighted by atomic mass is 127. The molecule has 106 valence electrons. The number of hydrogen-bond donors (Lipinski definition) is 2. The molecule has 1 unspecified atom stereocenters. The van der Waals surface area contributed by atoms with Crippen LogP contribution in [0.2, 0.25) is 0 Å². The maximum absolute atomic E-state index is 5.76. The van der Waals surface area contributed by atoms with Gasteiger partial charge in [0.15, 0.2) is 0 Å². The molecule has 0 amide bonds. The van der Waals surface area contributed by atoms with Crippen molar-refractivity contribution in [2.75, 3.05) is 30.7 Å². The molecule has 1 atom stereocenters. The van der Waals surface area contributed by atoms with Crippen LogP contribution in [-0.4, -0.2) is 30.6 Å². The maximum Gasteiger partial charge on any atom is 0.0477 e. The van der Waals surface area contributed by atoms with Crippen LogP contribution in [0.1, 0.15) is 32.6 Å². The highest BCUT2D eigenvalue weighted by Gasteiger charge is 2.16. The Hall–Kier alpha value is -0.490. The first-order chi connectivity index (χ1) is 9.16. The van der Waals surface area contributed by atoms with Gasteiger partial charge in [-0.05, 0) is 73.5 Å². The summed E-state index contributed by atoms with van der Waals surface area (Å²) in [5.74, 6) is 0. The van der Waals surface area contributed by atoms with Gasteiger partial charge >= 0.3 is 0 Å². The van der Waals surface area contributed by atoms with Gasteiger partial charge in [-0.25, -0.2) is 0 Å². The number of piperidine rings is 1. The van der Waals surface area contributed by atoms with E-state index >= 15 is 0 Å². The number of nitrogen functional groups attached to an aromatic ring is 1. The van der Waals surface area contributed by atoms with Crippen LogP contribution < -0.4 is 11.1 Å². The molecule has 1 aliphatic rings. The monoisotopic (exact) mass is 373 g/mol. The predicted octanol–water partition coefficient (Wildman–Crippen LogP) is 3.55. The zero-order valence-corrected chi connectivity index (χ0v) is 13.8. The summed E-state index contributed by atoms with van der Waals surface area (Å²) in [6.07, 6.45) is 5.33. The summed E-state index contributed by atoms with van der Waals surface area (Å²) in [5.41, 5.74) is 7.78. The van der Waals surface area contributed by atoms with Gasteiger partial charge in [-0.15, -0.1) is 0 Å². The minimum absolute atomic E-state index is 0.769. The van der Waals surface area contributed by atoms with Gasteiger partial charge in [0.2, 0.25) is 0 Å². The zero-order chi connectivity index (χ0) is 13.7. The first-order valence-electron chi connectivity index (χ1n) is 7.20. The Labute approximate surface area is 130 Å². The van der Waals surface area contributed by atoms with Gasteiger partial charge in [-0.3, -0.25) is 0 Å². The van der Waals surface area contributed by atoms with Crippen molar-refractivity contribution in [2.45, 2.75) is 38.6 Å². The standard InChI is InChI=1S/C15H24IN3/c1-12-5-2-3-9-19(12)10-4-8-18-15-7-6-13(17)11-14(15)16/h6-7,11-12,18H,2-5,8-10,17H2,1H3. The molecule has 3 N–H and O–H groups in total. The lowest BCUT2D eigenvalue weighted by molar-refractivity contribution is 0.160. The number of nitrogens with one attached hydrogen (secondary N) is 1. The molecule has 0 radical (unpaired) electrons. The van der Waals surface area contributed by atoms with Crippen LogP contribution in [0.4, 0.5) is 11.4 Å². The summed E-state index contributed by atoms with van der Waals surface area (Å²) in [4.78, 5) is 2.62. The van der Waals surface area contributed by atoms with Gasteiger partial charge in [0.1, 0.15) is 0 Å². The van der Waals surface area contributed by atoms with E-state index in [2.05, 4.69) is 45.8 Å². The number of nitrogens with zero attached hydrogens (tertiary/aromatic N) is 1. The minimum atomic E-state index is 0.769. The molecule has 1 aliphatic heterocycles. The van der Waals surface area contributed by atoms with Gasteiger partial charge in [-0.2, -0.15) is 0 Å². The fourth-order valence-corrected chi connectivity index (χ4v) is 3.40. The molecule has 0 spiro atoms. The summed E-state index contributed by atoms with van der Waals surface area (Å²) < 4.78 is 1.20. The molecule has 3 nitrogen and oxygen atoms in total. The van der Waals surface area contributed by atoms with E-state index in [0.29, 0.717) is 0 Å². The minimum Gasteiger partial charge on any atom is -0.399 e. The Balaban J connectivity index is 1.71. The molecule has 0 bridgehead atoms. The van der Waals surface area contributed by atoms with Crippen molar-refractivity contribution in [3.05, 3.63) is 21.8 Å². The van der Waals surface area contributed by atoms with E-state index in [9.17, 15) is 0 Å². The molecule has 0 aromatic heterocycles. The van der Waals surface area contributed by atoms with Crippen LogP contribution in [0.3, 0.4) is 0 Å². The van der Waals surface area contributed by atoms with Crippen molar-refractivity contribution in [1.82, 2.24) is 4.90 Å². The molecule has 2 rings (SSSR count). The second-order valence-corrected chi connectivity index (χ2v) is 6.56. The molecule has 1 fully saturated rings. The van der Waals surface area contributed by atoms with Crippen LogP contribution >= 0.6 is 22.6 Å². The lowest BCUT2D eigenvalue weighted by Gasteiger charge is -2.33. The molecule has 1 heterocycles. The third-order valence-corrected chi connectivity index (χ3v) is 4.76.